The number of benzene rings is 6. The Bertz CT molecular complexity index is 2260. The van der Waals surface area contributed by atoms with Gasteiger partial charge in [-0.1, -0.05) is 146 Å². The molecule has 0 N–H and O–H groups in total. The van der Waals surface area contributed by atoms with Gasteiger partial charge >= 0.3 is 0 Å². The number of hydrogen-bond acceptors (Lipinski definition) is 3. The lowest BCUT2D eigenvalue weighted by Crippen LogP contribution is -2.13. The minimum absolute atomic E-state index is 0.0763. The van der Waals surface area contributed by atoms with E-state index < -0.39 is 0 Å². The second kappa shape index (κ2) is 11.9. The molecule has 9 rings (SSSR count). The van der Waals surface area contributed by atoms with E-state index in [9.17, 15) is 0 Å². The maximum atomic E-state index is 6.53. The van der Waals surface area contributed by atoms with Gasteiger partial charge in [0.2, 0.25) is 5.88 Å². The minimum atomic E-state index is -0.0763. The van der Waals surface area contributed by atoms with Crippen molar-refractivity contribution in [3.05, 3.63) is 193 Å². The van der Waals surface area contributed by atoms with Gasteiger partial charge in [-0.25, -0.2) is 4.98 Å². The van der Waals surface area contributed by atoms with Gasteiger partial charge in [0.05, 0.1) is 17.6 Å². The van der Waals surface area contributed by atoms with Crippen molar-refractivity contribution in [3.8, 4) is 39.3 Å². The third-order valence-corrected chi connectivity index (χ3v) is 9.49. The zero-order valence-electron chi connectivity index (χ0n) is 26.3. The first-order valence-corrected chi connectivity index (χ1v) is 16.4. The molecule has 7 aromatic rings. The summed E-state index contributed by atoms with van der Waals surface area (Å²) in [6.45, 7) is 0. The molecule has 1 aromatic heterocycles. The summed E-state index contributed by atoms with van der Waals surface area (Å²) >= 11 is 0. The highest BCUT2D eigenvalue weighted by atomic mass is 16.5. The number of fused-ring (bicyclic) bond motifs is 5. The molecule has 1 aliphatic heterocycles. The third kappa shape index (κ3) is 4.97. The van der Waals surface area contributed by atoms with Gasteiger partial charge in [0.25, 0.3) is 0 Å². The van der Waals surface area contributed by atoms with Crippen LogP contribution < -0.4 is 9.64 Å². The zero-order chi connectivity index (χ0) is 31.9. The van der Waals surface area contributed by atoms with Gasteiger partial charge in [-0.3, -0.25) is 0 Å². The number of hydrogen-bond donors (Lipinski definition) is 0. The Balaban J connectivity index is 1.21. The molecule has 0 amide bonds. The van der Waals surface area contributed by atoms with Crippen molar-refractivity contribution < 1.29 is 4.74 Å². The van der Waals surface area contributed by atoms with Crippen LogP contribution in [0.25, 0.3) is 39.5 Å². The highest BCUT2D eigenvalue weighted by Gasteiger charge is 2.38. The monoisotopic (exact) mass is 616 g/mol. The number of pyridine rings is 1. The Labute approximate surface area is 281 Å². The van der Waals surface area contributed by atoms with E-state index in [-0.39, 0.29) is 12.0 Å². The molecule has 0 radical (unpaired) electrons. The topological polar surface area (TPSA) is 25.4 Å². The maximum absolute atomic E-state index is 6.53. The lowest BCUT2D eigenvalue weighted by atomic mass is 9.84. The van der Waals surface area contributed by atoms with Crippen LogP contribution in [0.4, 0.5) is 17.1 Å². The molecule has 48 heavy (non-hydrogen) atoms. The Morgan fingerprint density at radius 2 is 1.10 bits per heavy atom. The van der Waals surface area contributed by atoms with E-state index in [1.54, 1.807) is 0 Å². The van der Waals surface area contributed by atoms with Crippen molar-refractivity contribution in [2.45, 2.75) is 12.0 Å². The predicted octanol–water partition coefficient (Wildman–Crippen LogP) is 11.8. The molecule has 1 aliphatic carbocycles. The largest absolute Gasteiger partial charge is 0.468 e. The van der Waals surface area contributed by atoms with E-state index in [1.165, 1.54) is 33.4 Å². The Morgan fingerprint density at radius 3 is 1.83 bits per heavy atom. The molecule has 0 fully saturated rings. The molecule has 228 valence electrons. The average Bonchev–Trinajstić information content (AvgIpc) is 3.55. The van der Waals surface area contributed by atoms with Crippen LogP contribution in [0.5, 0.6) is 5.88 Å². The lowest BCUT2D eigenvalue weighted by molar-refractivity contribution is 0.216. The molecule has 2 atom stereocenters. The molecule has 2 aliphatic rings. The molecule has 0 spiro atoms. The van der Waals surface area contributed by atoms with Gasteiger partial charge in [-0.15, -0.1) is 0 Å². The number of ether oxygens (including phenoxy) is 1. The van der Waals surface area contributed by atoms with Gasteiger partial charge in [0.15, 0.2) is 0 Å². The Morgan fingerprint density at radius 1 is 0.500 bits per heavy atom. The molecule has 0 bridgehead atoms. The van der Waals surface area contributed by atoms with Crippen LogP contribution >= 0.6 is 0 Å². The van der Waals surface area contributed by atoms with Crippen molar-refractivity contribution in [2.75, 3.05) is 4.90 Å². The Hall–Kier alpha value is -6.19. The van der Waals surface area contributed by atoms with Gasteiger partial charge < -0.3 is 9.64 Å². The van der Waals surface area contributed by atoms with E-state index >= 15 is 0 Å². The summed E-state index contributed by atoms with van der Waals surface area (Å²) in [6.07, 6.45) is 6.37. The van der Waals surface area contributed by atoms with Gasteiger partial charge in [-0.05, 0) is 63.7 Å². The predicted molar refractivity (Wildman–Crippen MR) is 197 cm³/mol. The molecule has 2 unspecified atom stereocenters. The first kappa shape index (κ1) is 28.1. The van der Waals surface area contributed by atoms with Crippen LogP contribution in [0, 0.1) is 0 Å². The lowest BCUT2D eigenvalue weighted by Gasteiger charge is -2.29. The number of nitrogens with zero attached hydrogens (tertiary/aromatic N) is 2. The minimum Gasteiger partial charge on any atom is -0.468 e. The highest BCUT2D eigenvalue weighted by molar-refractivity contribution is 5.91. The van der Waals surface area contributed by atoms with Crippen molar-refractivity contribution >= 4 is 23.1 Å². The summed E-state index contributed by atoms with van der Waals surface area (Å²) in [5, 5.41) is 0. The highest BCUT2D eigenvalue weighted by Crippen LogP contribution is 2.51. The summed E-state index contributed by atoms with van der Waals surface area (Å²) in [5.74, 6) is 0.802. The summed E-state index contributed by atoms with van der Waals surface area (Å²) in [6, 6.07) is 58.2. The fourth-order valence-electron chi connectivity index (χ4n) is 7.12. The molecule has 2 heterocycles. The van der Waals surface area contributed by atoms with E-state index in [0.717, 1.165) is 33.8 Å². The first-order chi connectivity index (χ1) is 23.8. The molecule has 6 aromatic carbocycles. The van der Waals surface area contributed by atoms with Crippen LogP contribution in [-0.4, -0.2) is 4.98 Å². The van der Waals surface area contributed by atoms with Gasteiger partial charge in [-0.2, -0.15) is 0 Å². The third-order valence-electron chi connectivity index (χ3n) is 9.49. The maximum Gasteiger partial charge on any atom is 0.218 e. The van der Waals surface area contributed by atoms with Crippen LogP contribution in [0.3, 0.4) is 0 Å². The molecular weight excluding hydrogens is 585 g/mol. The summed E-state index contributed by atoms with van der Waals surface area (Å²) < 4.78 is 6.53. The molecular formula is C45H32N2O. The van der Waals surface area contributed by atoms with Crippen LogP contribution in [0.15, 0.2) is 176 Å². The van der Waals surface area contributed by atoms with Crippen molar-refractivity contribution in [3.63, 3.8) is 0 Å². The summed E-state index contributed by atoms with van der Waals surface area (Å²) in [7, 11) is 0. The van der Waals surface area contributed by atoms with Gasteiger partial charge in [0, 0.05) is 28.3 Å². The molecule has 0 saturated carbocycles. The fourth-order valence-corrected chi connectivity index (χ4v) is 7.12. The summed E-state index contributed by atoms with van der Waals surface area (Å²) in [4.78, 5) is 7.30. The normalized spacial score (nSPS) is 15.6. The van der Waals surface area contributed by atoms with Crippen molar-refractivity contribution in [2.24, 2.45) is 0 Å². The number of anilines is 3. The SMILES string of the molecule is C1=CC2c3cc(N(c4ccc(-c5ccccc5)cc4)c4ccc(-c5ccccc5)cc4-c4ccccc4)cnc3OC2c2ccccc21. The number of rotatable bonds is 6. The second-order valence-corrected chi connectivity index (χ2v) is 12.4. The van der Waals surface area contributed by atoms with E-state index in [0.29, 0.717) is 5.88 Å². The second-order valence-electron chi connectivity index (χ2n) is 12.4. The van der Waals surface area contributed by atoms with Crippen LogP contribution in [0.2, 0.25) is 0 Å². The fraction of sp³-hybridized carbons (Fsp3) is 0.0444. The quantitative estimate of drug-likeness (QED) is 0.186. The smallest absolute Gasteiger partial charge is 0.218 e. The average molecular weight is 617 g/mol. The number of aromatic nitrogens is 1. The van der Waals surface area contributed by atoms with Crippen molar-refractivity contribution in [1.29, 1.82) is 0 Å². The Kier molecular flexibility index (Phi) is 6.94. The summed E-state index contributed by atoms with van der Waals surface area (Å²) in [5.41, 5.74) is 13.7. The van der Waals surface area contributed by atoms with E-state index in [2.05, 4.69) is 181 Å². The molecule has 3 nitrogen and oxygen atoms in total. The standard InChI is InChI=1S/C45H32N2O/c1-4-12-31(13-5-1)33-20-24-37(25-21-33)47(38-29-42-40-26-22-35-18-10-11-19-39(35)44(40)48-45(42)46-30-38)43-27-23-36(32-14-6-2-7-15-32)28-41(43)34-16-8-3-9-17-34/h1-30,40,44H. The van der Waals surface area contributed by atoms with Crippen LogP contribution in [0.1, 0.15) is 28.7 Å². The van der Waals surface area contributed by atoms with Crippen LogP contribution in [-0.2, 0) is 0 Å². The first-order valence-electron chi connectivity index (χ1n) is 16.4. The van der Waals surface area contributed by atoms with Crippen molar-refractivity contribution in [1.82, 2.24) is 4.98 Å². The van der Waals surface area contributed by atoms with E-state index in [1.807, 2.05) is 6.20 Å². The van der Waals surface area contributed by atoms with Gasteiger partial charge in [0.1, 0.15) is 6.10 Å². The van der Waals surface area contributed by atoms with E-state index in [4.69, 9.17) is 9.72 Å². The zero-order valence-corrected chi connectivity index (χ0v) is 26.3. The molecule has 0 saturated heterocycles. The molecule has 3 heteroatoms.